The van der Waals surface area contributed by atoms with Gasteiger partial charge in [0.1, 0.15) is 13.2 Å². The van der Waals surface area contributed by atoms with Crippen LogP contribution >= 0.6 is 12.4 Å². The maximum Gasteiger partial charge on any atom is 0.237 e. The van der Waals surface area contributed by atoms with Crippen LogP contribution in [0.1, 0.15) is 51.0 Å². The standard InChI is InChI=1S/C18H26N2O3.ClH/c1-2-5-14(19)17(21)20-18(8-3-4-9-18)13-6-7-15-16(12-13)23-11-10-22-15;/h6-7,12,14H,2-5,8-11,19H2,1H3,(H,20,21);1H. The second-order valence-corrected chi connectivity index (χ2v) is 6.53. The lowest BCUT2D eigenvalue weighted by molar-refractivity contribution is -0.124. The van der Waals surface area contributed by atoms with E-state index >= 15 is 0 Å². The number of amides is 1. The quantitative estimate of drug-likeness (QED) is 0.852. The number of hydrogen-bond donors (Lipinski definition) is 2. The van der Waals surface area contributed by atoms with Crippen LogP contribution in [0.25, 0.3) is 0 Å². The van der Waals surface area contributed by atoms with Gasteiger partial charge in [-0.2, -0.15) is 0 Å². The van der Waals surface area contributed by atoms with Crippen molar-refractivity contribution in [2.24, 2.45) is 5.73 Å². The Morgan fingerprint density at radius 2 is 1.92 bits per heavy atom. The van der Waals surface area contributed by atoms with Crippen molar-refractivity contribution in [1.29, 1.82) is 0 Å². The van der Waals surface area contributed by atoms with Crippen LogP contribution in [0.3, 0.4) is 0 Å². The summed E-state index contributed by atoms with van der Waals surface area (Å²) in [6, 6.07) is 5.58. The molecule has 1 aromatic rings. The first-order chi connectivity index (χ1) is 11.1. The summed E-state index contributed by atoms with van der Waals surface area (Å²) >= 11 is 0. The molecule has 1 aliphatic carbocycles. The fraction of sp³-hybridized carbons (Fsp3) is 0.611. The predicted octanol–water partition coefficient (Wildman–Crippen LogP) is 2.89. The molecular formula is C18H27ClN2O3. The van der Waals surface area contributed by atoms with Gasteiger partial charge in [0.25, 0.3) is 0 Å². The second-order valence-electron chi connectivity index (χ2n) is 6.53. The third kappa shape index (κ3) is 3.78. The highest BCUT2D eigenvalue weighted by Crippen LogP contribution is 2.42. The molecule has 134 valence electrons. The first kappa shape index (κ1) is 18.9. The molecule has 5 nitrogen and oxygen atoms in total. The molecule has 3 rings (SSSR count). The highest BCUT2D eigenvalue weighted by Gasteiger charge is 2.38. The monoisotopic (exact) mass is 354 g/mol. The average molecular weight is 355 g/mol. The van der Waals surface area contributed by atoms with Crippen molar-refractivity contribution in [3.63, 3.8) is 0 Å². The molecule has 0 saturated heterocycles. The third-order valence-corrected chi connectivity index (χ3v) is 4.85. The molecule has 24 heavy (non-hydrogen) atoms. The molecule has 1 unspecified atom stereocenters. The second kappa shape index (κ2) is 8.08. The summed E-state index contributed by atoms with van der Waals surface area (Å²) in [5.41, 5.74) is 6.77. The Kier molecular flexibility index (Phi) is 6.35. The summed E-state index contributed by atoms with van der Waals surface area (Å²) in [6.45, 7) is 3.19. The largest absolute Gasteiger partial charge is 0.486 e. The lowest BCUT2D eigenvalue weighted by Gasteiger charge is -2.33. The number of halogens is 1. The number of carbonyl (C=O) groups excluding carboxylic acids is 1. The maximum atomic E-state index is 12.5. The molecule has 0 bridgehead atoms. The molecule has 1 aromatic carbocycles. The molecule has 0 aromatic heterocycles. The van der Waals surface area contributed by atoms with Gasteiger partial charge < -0.3 is 20.5 Å². The summed E-state index contributed by atoms with van der Waals surface area (Å²) in [7, 11) is 0. The normalized spacial score (nSPS) is 19.2. The predicted molar refractivity (Wildman–Crippen MR) is 95.9 cm³/mol. The highest BCUT2D eigenvalue weighted by molar-refractivity contribution is 5.85. The lowest BCUT2D eigenvalue weighted by atomic mass is 9.87. The number of nitrogens with one attached hydrogen (secondary N) is 1. The molecule has 3 N–H and O–H groups in total. The Morgan fingerprint density at radius 1 is 1.25 bits per heavy atom. The number of benzene rings is 1. The minimum absolute atomic E-state index is 0. The van der Waals surface area contributed by atoms with E-state index in [9.17, 15) is 4.79 Å². The molecule has 1 saturated carbocycles. The van der Waals surface area contributed by atoms with E-state index in [1.807, 2.05) is 25.1 Å². The van der Waals surface area contributed by atoms with Gasteiger partial charge in [-0.05, 0) is 37.0 Å². The molecule has 0 spiro atoms. The van der Waals surface area contributed by atoms with Gasteiger partial charge in [0, 0.05) is 0 Å². The Morgan fingerprint density at radius 3 is 2.58 bits per heavy atom. The Labute approximate surface area is 149 Å². The van der Waals surface area contributed by atoms with Crippen molar-refractivity contribution >= 4 is 18.3 Å². The van der Waals surface area contributed by atoms with Gasteiger partial charge in [0.05, 0.1) is 11.6 Å². The average Bonchev–Trinajstić information content (AvgIpc) is 3.04. The van der Waals surface area contributed by atoms with Crippen molar-refractivity contribution < 1.29 is 14.3 Å². The summed E-state index contributed by atoms with van der Waals surface area (Å²) in [5.74, 6) is 1.50. The molecular weight excluding hydrogens is 328 g/mol. The summed E-state index contributed by atoms with van der Waals surface area (Å²) in [5, 5.41) is 3.24. The minimum atomic E-state index is -0.435. The van der Waals surface area contributed by atoms with Gasteiger partial charge in [-0.1, -0.05) is 32.3 Å². The number of rotatable bonds is 5. The third-order valence-electron chi connectivity index (χ3n) is 4.85. The first-order valence-electron chi connectivity index (χ1n) is 8.62. The summed E-state index contributed by atoms with van der Waals surface area (Å²) in [6.07, 6.45) is 5.72. The molecule has 1 heterocycles. The zero-order chi connectivity index (χ0) is 16.3. The number of hydrogen-bond acceptors (Lipinski definition) is 4. The first-order valence-corrected chi connectivity index (χ1v) is 8.62. The van der Waals surface area contributed by atoms with E-state index in [0.29, 0.717) is 19.6 Å². The maximum absolute atomic E-state index is 12.5. The topological polar surface area (TPSA) is 73.6 Å². The van der Waals surface area contributed by atoms with Crippen LogP contribution in [0.4, 0.5) is 0 Å². The summed E-state index contributed by atoms with van der Waals surface area (Å²) in [4.78, 5) is 12.5. The molecule has 1 amide bonds. The zero-order valence-electron chi connectivity index (χ0n) is 14.2. The van der Waals surface area contributed by atoms with E-state index in [-0.39, 0.29) is 23.9 Å². The van der Waals surface area contributed by atoms with Crippen molar-refractivity contribution in [2.75, 3.05) is 13.2 Å². The Bertz CT molecular complexity index is 573. The van der Waals surface area contributed by atoms with Crippen LogP contribution in [0, 0.1) is 0 Å². The van der Waals surface area contributed by atoms with Gasteiger partial charge in [-0.3, -0.25) is 4.79 Å². The van der Waals surface area contributed by atoms with Gasteiger partial charge in [-0.15, -0.1) is 12.4 Å². The molecule has 1 atom stereocenters. The van der Waals surface area contributed by atoms with Crippen LogP contribution in [0.5, 0.6) is 11.5 Å². The summed E-state index contributed by atoms with van der Waals surface area (Å²) < 4.78 is 11.3. The van der Waals surface area contributed by atoms with Crippen molar-refractivity contribution in [2.45, 2.75) is 57.0 Å². The number of fused-ring (bicyclic) bond motifs is 1. The van der Waals surface area contributed by atoms with Crippen molar-refractivity contribution in [1.82, 2.24) is 5.32 Å². The number of nitrogens with two attached hydrogens (primary N) is 1. The molecule has 2 aliphatic rings. The Balaban J connectivity index is 0.00000208. The van der Waals surface area contributed by atoms with E-state index in [1.54, 1.807) is 0 Å². The van der Waals surface area contributed by atoms with Crippen LogP contribution < -0.4 is 20.5 Å². The zero-order valence-corrected chi connectivity index (χ0v) is 15.0. The van der Waals surface area contributed by atoms with Crippen LogP contribution in [-0.2, 0) is 10.3 Å². The van der Waals surface area contributed by atoms with Gasteiger partial charge in [0.2, 0.25) is 5.91 Å². The molecule has 1 aliphatic heterocycles. The number of carbonyl (C=O) groups is 1. The molecule has 6 heteroatoms. The van der Waals surface area contributed by atoms with Gasteiger partial charge in [0.15, 0.2) is 11.5 Å². The number of ether oxygens (including phenoxy) is 2. The van der Waals surface area contributed by atoms with E-state index in [2.05, 4.69) is 5.32 Å². The van der Waals surface area contributed by atoms with Crippen LogP contribution in [0.15, 0.2) is 18.2 Å². The smallest absolute Gasteiger partial charge is 0.237 e. The van der Waals surface area contributed by atoms with Crippen molar-refractivity contribution in [3.05, 3.63) is 23.8 Å². The van der Waals surface area contributed by atoms with Crippen LogP contribution in [0.2, 0.25) is 0 Å². The van der Waals surface area contributed by atoms with E-state index in [1.165, 1.54) is 0 Å². The Hall–Kier alpha value is -1.46. The highest BCUT2D eigenvalue weighted by atomic mass is 35.5. The van der Waals surface area contributed by atoms with E-state index in [4.69, 9.17) is 15.2 Å². The fourth-order valence-corrected chi connectivity index (χ4v) is 3.58. The van der Waals surface area contributed by atoms with Crippen LogP contribution in [-0.4, -0.2) is 25.2 Å². The van der Waals surface area contributed by atoms with Gasteiger partial charge in [-0.25, -0.2) is 0 Å². The lowest BCUT2D eigenvalue weighted by Crippen LogP contribution is -2.50. The fourth-order valence-electron chi connectivity index (χ4n) is 3.58. The van der Waals surface area contributed by atoms with E-state index < -0.39 is 6.04 Å². The molecule has 1 fully saturated rings. The minimum Gasteiger partial charge on any atom is -0.486 e. The van der Waals surface area contributed by atoms with Crippen molar-refractivity contribution in [3.8, 4) is 11.5 Å². The molecule has 0 radical (unpaired) electrons. The SMILES string of the molecule is CCCC(N)C(=O)NC1(c2ccc3c(c2)OCCO3)CCCC1.Cl. The van der Waals surface area contributed by atoms with E-state index in [0.717, 1.165) is 49.2 Å². The van der Waals surface area contributed by atoms with Gasteiger partial charge >= 0.3 is 0 Å².